The summed E-state index contributed by atoms with van der Waals surface area (Å²) in [6, 6.07) is 0. The van der Waals surface area contributed by atoms with E-state index in [1.807, 2.05) is 6.92 Å². The molecule has 0 aliphatic carbocycles. The summed E-state index contributed by atoms with van der Waals surface area (Å²) in [6.45, 7) is 5.43. The summed E-state index contributed by atoms with van der Waals surface area (Å²) < 4.78 is 0.627. The Bertz CT molecular complexity index is 519. The van der Waals surface area contributed by atoms with Crippen LogP contribution in [0.3, 0.4) is 0 Å². The van der Waals surface area contributed by atoms with E-state index in [0.29, 0.717) is 28.1 Å². The van der Waals surface area contributed by atoms with Gasteiger partial charge in [-0.25, -0.2) is 0 Å². The Balaban J connectivity index is 1.93. The summed E-state index contributed by atoms with van der Waals surface area (Å²) in [6.07, 6.45) is 7.14. The van der Waals surface area contributed by atoms with Gasteiger partial charge in [0.2, 0.25) is 5.91 Å². The number of thioether (sulfide) groups is 2. The van der Waals surface area contributed by atoms with Gasteiger partial charge >= 0.3 is 0 Å². The Kier molecular flexibility index (Phi) is 7.43. The minimum atomic E-state index is -0.0239. The third kappa shape index (κ3) is 4.51. The van der Waals surface area contributed by atoms with Crippen molar-refractivity contribution in [1.82, 2.24) is 9.80 Å². The van der Waals surface area contributed by atoms with Gasteiger partial charge in [-0.15, -0.1) is 0 Å². The van der Waals surface area contributed by atoms with Crippen LogP contribution in [0.5, 0.6) is 0 Å². The maximum absolute atomic E-state index is 12.6. The van der Waals surface area contributed by atoms with E-state index in [0.717, 1.165) is 17.9 Å². The standard InChI is InChI=1S/C16H24N2O2S3/c1-3-5-6-7-8-9-10-18-14(20)13(23-16(18)21)15-17(4-2)12(19)11-22-15/h3-11H2,1-2H3/b15-13+. The normalized spacial score (nSPS) is 21.9. The number of carbonyl (C=O) groups is 2. The fourth-order valence-electron chi connectivity index (χ4n) is 2.68. The molecule has 2 amide bonds. The zero-order chi connectivity index (χ0) is 16.8. The Hall–Kier alpha value is -0.530. The molecule has 0 aromatic heterocycles. The van der Waals surface area contributed by atoms with Crippen molar-refractivity contribution in [2.75, 3.05) is 18.8 Å². The largest absolute Gasteiger partial charge is 0.305 e. The van der Waals surface area contributed by atoms with Gasteiger partial charge in [-0.05, 0) is 13.3 Å². The van der Waals surface area contributed by atoms with Crippen LogP contribution in [-0.2, 0) is 9.59 Å². The molecule has 2 saturated heterocycles. The third-order valence-corrected chi connectivity index (χ3v) is 6.63. The molecule has 0 spiro atoms. The summed E-state index contributed by atoms with van der Waals surface area (Å²) >= 11 is 8.17. The predicted molar refractivity (Wildman–Crippen MR) is 102 cm³/mol. The second-order valence-electron chi connectivity index (χ2n) is 5.65. The molecule has 0 aromatic rings. The maximum atomic E-state index is 12.6. The van der Waals surface area contributed by atoms with Crippen LogP contribution in [0.2, 0.25) is 0 Å². The van der Waals surface area contributed by atoms with Crippen LogP contribution in [0.1, 0.15) is 52.4 Å². The SMILES string of the molecule is CCCCCCCCN1C(=O)/C(=C2\SCC(=O)N2CC)SC1=S. The van der Waals surface area contributed by atoms with Crippen molar-refractivity contribution in [3.63, 3.8) is 0 Å². The fourth-order valence-corrected chi connectivity index (χ4v) is 5.28. The summed E-state index contributed by atoms with van der Waals surface area (Å²) in [7, 11) is 0. The van der Waals surface area contributed by atoms with Gasteiger partial charge in [0.05, 0.1) is 10.8 Å². The highest BCUT2D eigenvalue weighted by Gasteiger charge is 2.38. The van der Waals surface area contributed by atoms with Crippen molar-refractivity contribution in [2.45, 2.75) is 52.4 Å². The number of hydrogen-bond donors (Lipinski definition) is 0. The van der Waals surface area contributed by atoms with Gasteiger partial charge in [0.1, 0.15) is 9.23 Å². The van der Waals surface area contributed by atoms with E-state index >= 15 is 0 Å². The lowest BCUT2D eigenvalue weighted by Gasteiger charge is -2.16. The number of hydrogen-bond acceptors (Lipinski definition) is 5. The average molecular weight is 373 g/mol. The first kappa shape index (κ1) is 18.8. The monoisotopic (exact) mass is 372 g/mol. The van der Waals surface area contributed by atoms with Crippen molar-refractivity contribution in [3.8, 4) is 0 Å². The second kappa shape index (κ2) is 9.08. The molecule has 7 heteroatoms. The van der Waals surface area contributed by atoms with E-state index in [1.165, 1.54) is 49.2 Å². The molecule has 0 aromatic carbocycles. The number of carbonyl (C=O) groups excluding carboxylic acids is 2. The summed E-state index contributed by atoms with van der Waals surface area (Å²) in [5.74, 6) is 0.475. The number of unbranched alkanes of at least 4 members (excludes halogenated alkanes) is 5. The highest BCUT2D eigenvalue weighted by Crippen LogP contribution is 2.41. The molecule has 4 nitrogen and oxygen atoms in total. The number of thiocarbonyl (C=S) groups is 1. The summed E-state index contributed by atoms with van der Waals surface area (Å²) in [5, 5.41) is 0.792. The van der Waals surface area contributed by atoms with E-state index in [9.17, 15) is 9.59 Å². The molecule has 23 heavy (non-hydrogen) atoms. The van der Waals surface area contributed by atoms with Crippen LogP contribution in [0.25, 0.3) is 0 Å². The Morgan fingerprint density at radius 3 is 2.43 bits per heavy atom. The van der Waals surface area contributed by atoms with Gasteiger partial charge in [-0.3, -0.25) is 14.5 Å². The topological polar surface area (TPSA) is 40.6 Å². The minimum absolute atomic E-state index is 0.0239. The number of nitrogens with zero attached hydrogens (tertiary/aromatic N) is 2. The molecule has 2 fully saturated rings. The average Bonchev–Trinajstić information content (AvgIpc) is 3.03. The highest BCUT2D eigenvalue weighted by atomic mass is 32.2. The molecule has 0 radical (unpaired) electrons. The smallest absolute Gasteiger partial charge is 0.268 e. The van der Waals surface area contributed by atoms with Crippen LogP contribution in [0.4, 0.5) is 0 Å². The van der Waals surface area contributed by atoms with Crippen molar-refractivity contribution >= 4 is 51.9 Å². The second-order valence-corrected chi connectivity index (χ2v) is 8.26. The van der Waals surface area contributed by atoms with Crippen molar-refractivity contribution in [3.05, 3.63) is 9.93 Å². The fraction of sp³-hybridized carbons (Fsp3) is 0.688. The molecule has 0 bridgehead atoms. The highest BCUT2D eigenvalue weighted by molar-refractivity contribution is 8.27. The molecule has 0 atom stereocenters. The van der Waals surface area contributed by atoms with E-state index in [2.05, 4.69) is 6.92 Å². The van der Waals surface area contributed by atoms with Gasteiger partial charge < -0.3 is 4.90 Å². The minimum Gasteiger partial charge on any atom is -0.305 e. The van der Waals surface area contributed by atoms with E-state index in [-0.39, 0.29) is 11.8 Å². The maximum Gasteiger partial charge on any atom is 0.268 e. The summed E-state index contributed by atoms with van der Waals surface area (Å²) in [4.78, 5) is 28.5. The van der Waals surface area contributed by atoms with E-state index < -0.39 is 0 Å². The van der Waals surface area contributed by atoms with Crippen LogP contribution < -0.4 is 0 Å². The zero-order valence-electron chi connectivity index (χ0n) is 13.8. The molecule has 2 heterocycles. The molecular weight excluding hydrogens is 348 g/mol. The molecule has 2 rings (SSSR count). The van der Waals surface area contributed by atoms with Gasteiger partial charge in [-0.2, -0.15) is 0 Å². The lowest BCUT2D eigenvalue weighted by atomic mass is 10.1. The van der Waals surface area contributed by atoms with Gasteiger partial charge in [0.25, 0.3) is 5.91 Å². The Morgan fingerprint density at radius 1 is 1.04 bits per heavy atom. The van der Waals surface area contributed by atoms with Crippen LogP contribution in [-0.4, -0.2) is 44.8 Å². The summed E-state index contributed by atoms with van der Waals surface area (Å²) in [5.41, 5.74) is 0. The first-order chi connectivity index (χ1) is 11.1. The number of amides is 2. The Morgan fingerprint density at radius 2 is 1.74 bits per heavy atom. The lowest BCUT2D eigenvalue weighted by Crippen LogP contribution is -2.30. The van der Waals surface area contributed by atoms with Gasteiger partial charge in [0, 0.05) is 13.1 Å². The lowest BCUT2D eigenvalue weighted by molar-refractivity contribution is -0.125. The first-order valence-electron chi connectivity index (χ1n) is 8.31. The Labute approximate surface area is 152 Å². The molecule has 0 saturated carbocycles. The van der Waals surface area contributed by atoms with Crippen LogP contribution >= 0.6 is 35.7 Å². The van der Waals surface area contributed by atoms with Crippen molar-refractivity contribution < 1.29 is 9.59 Å². The predicted octanol–water partition coefficient (Wildman–Crippen LogP) is 3.97. The molecule has 2 aliphatic heterocycles. The molecule has 128 valence electrons. The van der Waals surface area contributed by atoms with Gasteiger partial charge in [-0.1, -0.05) is 74.8 Å². The molecular formula is C16H24N2O2S3. The molecule has 0 N–H and O–H groups in total. The zero-order valence-corrected chi connectivity index (χ0v) is 16.2. The molecule has 2 aliphatic rings. The van der Waals surface area contributed by atoms with Crippen LogP contribution in [0, 0.1) is 0 Å². The van der Waals surface area contributed by atoms with Crippen LogP contribution in [0.15, 0.2) is 9.93 Å². The first-order valence-corrected chi connectivity index (χ1v) is 10.5. The van der Waals surface area contributed by atoms with Crippen molar-refractivity contribution in [2.24, 2.45) is 0 Å². The van der Waals surface area contributed by atoms with E-state index in [4.69, 9.17) is 12.2 Å². The molecule has 0 unspecified atom stereocenters. The number of rotatable bonds is 8. The third-order valence-electron chi connectivity index (χ3n) is 3.97. The van der Waals surface area contributed by atoms with Gasteiger partial charge in [0.15, 0.2) is 0 Å². The van der Waals surface area contributed by atoms with Crippen molar-refractivity contribution in [1.29, 1.82) is 0 Å². The quantitative estimate of drug-likeness (QED) is 0.366. The van der Waals surface area contributed by atoms with E-state index in [1.54, 1.807) is 9.80 Å².